The Bertz CT molecular complexity index is 1600. The van der Waals surface area contributed by atoms with Gasteiger partial charge in [0.05, 0.1) is 32.3 Å². The molecule has 212 valence electrons. The van der Waals surface area contributed by atoms with Gasteiger partial charge in [-0.25, -0.2) is 0 Å². The molecule has 0 bridgehead atoms. The van der Waals surface area contributed by atoms with Crippen molar-refractivity contribution < 1.29 is 19.2 Å². The molecule has 8 heteroatoms. The Kier molecular flexibility index (Phi) is 7.75. The summed E-state index contributed by atoms with van der Waals surface area (Å²) in [7, 11) is 0. The molecule has 0 saturated heterocycles. The lowest BCUT2D eigenvalue weighted by molar-refractivity contribution is -0.114. The van der Waals surface area contributed by atoms with Crippen molar-refractivity contribution in [1.29, 1.82) is 0 Å². The van der Waals surface area contributed by atoms with E-state index in [4.69, 9.17) is 0 Å². The van der Waals surface area contributed by atoms with Crippen molar-refractivity contribution >= 4 is 69.6 Å². The fourth-order valence-corrected chi connectivity index (χ4v) is 7.88. The number of nitrogens with zero attached hydrogens (tertiary/aromatic N) is 2. The van der Waals surface area contributed by atoms with Crippen molar-refractivity contribution in [3.05, 3.63) is 81.5 Å². The minimum absolute atomic E-state index is 0.121. The highest BCUT2D eigenvalue weighted by atomic mass is 32.1. The van der Waals surface area contributed by atoms with Crippen LogP contribution in [0.25, 0.3) is 32.0 Å². The van der Waals surface area contributed by atoms with E-state index in [-0.39, 0.29) is 11.8 Å². The summed E-state index contributed by atoms with van der Waals surface area (Å²) in [6.45, 7) is 5.36. The van der Waals surface area contributed by atoms with E-state index in [1.165, 1.54) is 22.7 Å². The number of carbonyl (C=O) groups excluding carboxylic acids is 4. The van der Waals surface area contributed by atoms with Crippen LogP contribution in [0.2, 0.25) is 0 Å². The lowest BCUT2D eigenvalue weighted by atomic mass is 10.1. The van der Waals surface area contributed by atoms with Gasteiger partial charge in [0.15, 0.2) is 0 Å². The van der Waals surface area contributed by atoms with Crippen molar-refractivity contribution in [3.63, 3.8) is 0 Å². The van der Waals surface area contributed by atoms with Crippen LogP contribution < -0.4 is 9.80 Å². The van der Waals surface area contributed by atoms with Crippen LogP contribution in [0.15, 0.2) is 60.7 Å². The zero-order valence-corrected chi connectivity index (χ0v) is 25.1. The maximum absolute atomic E-state index is 14.1. The Balaban J connectivity index is 1.52. The van der Waals surface area contributed by atoms with Crippen LogP contribution in [0.3, 0.4) is 0 Å². The number of unbranched alkanes of at least 4 members (excludes halogenated alkanes) is 2. The molecule has 2 aromatic carbocycles. The van der Waals surface area contributed by atoms with Gasteiger partial charge in [-0.2, -0.15) is 0 Å². The molecular weight excluding hydrogens is 565 g/mol. The number of hydrogen-bond donors (Lipinski definition) is 0. The molecule has 0 fully saturated rings. The first-order valence-corrected chi connectivity index (χ1v) is 15.9. The third-order valence-electron chi connectivity index (χ3n) is 7.76. The molecule has 0 radical (unpaired) electrons. The first kappa shape index (κ1) is 28.0. The lowest BCUT2D eigenvalue weighted by Crippen LogP contribution is -2.30. The highest BCUT2D eigenvalue weighted by Gasteiger charge is 2.44. The first-order valence-electron chi connectivity index (χ1n) is 14.3. The maximum Gasteiger partial charge on any atom is 0.260 e. The number of aldehydes is 2. The third kappa shape index (κ3) is 4.74. The Hall–Kier alpha value is -4.14. The van der Waals surface area contributed by atoms with Crippen molar-refractivity contribution in [2.75, 3.05) is 22.9 Å². The van der Waals surface area contributed by atoms with Gasteiger partial charge in [0.2, 0.25) is 0 Å². The quantitative estimate of drug-likeness (QED) is 0.138. The second-order valence-corrected chi connectivity index (χ2v) is 12.6. The summed E-state index contributed by atoms with van der Waals surface area (Å²) in [6.07, 6.45) is 5.25. The van der Waals surface area contributed by atoms with Crippen molar-refractivity contribution in [1.82, 2.24) is 0 Å². The van der Waals surface area contributed by atoms with Crippen LogP contribution in [0.4, 0.5) is 11.4 Å². The zero-order chi connectivity index (χ0) is 29.4. The van der Waals surface area contributed by atoms with Gasteiger partial charge >= 0.3 is 0 Å². The topological polar surface area (TPSA) is 74.8 Å². The van der Waals surface area contributed by atoms with Crippen LogP contribution in [0.5, 0.6) is 0 Å². The Labute approximate surface area is 252 Å². The predicted octanol–water partition coefficient (Wildman–Crippen LogP) is 7.97. The summed E-state index contributed by atoms with van der Waals surface area (Å²) in [5.74, 6) is -0.242. The number of carbonyl (C=O) groups is 4. The highest BCUT2D eigenvalue weighted by molar-refractivity contribution is 7.19. The summed E-state index contributed by atoms with van der Waals surface area (Å²) in [6, 6.07) is 18.9. The monoisotopic (exact) mass is 594 g/mol. The molecule has 6 rings (SSSR count). The molecule has 2 aliphatic heterocycles. The molecule has 0 atom stereocenters. The number of thiophene rings is 2. The smallest absolute Gasteiger partial charge is 0.260 e. The standard InChI is InChI=1S/C34H30N2O4S2/c1-3-5-15-35-25-17-27(23-11-7-21(19-37)8-12-23)41-31(25)29(33(35)39)30-32-26(36(34(30)40)16-6-4-2)18-28(42-32)24-13-9-22(20-38)10-14-24/h7-14,17-20H,3-6,15-16H2,1-2H3/b30-29-. The molecule has 2 aliphatic rings. The van der Waals surface area contributed by atoms with Crippen molar-refractivity contribution in [2.45, 2.75) is 39.5 Å². The van der Waals surface area contributed by atoms with Gasteiger partial charge in [0.1, 0.15) is 12.6 Å². The molecule has 42 heavy (non-hydrogen) atoms. The molecule has 0 spiro atoms. The molecule has 0 aliphatic carbocycles. The van der Waals surface area contributed by atoms with Crippen LogP contribution in [-0.4, -0.2) is 37.5 Å². The number of benzene rings is 2. The van der Waals surface area contributed by atoms with E-state index in [1.807, 2.05) is 46.2 Å². The summed E-state index contributed by atoms with van der Waals surface area (Å²) >= 11 is 3.04. The minimum Gasteiger partial charge on any atom is -0.307 e. The second kappa shape index (κ2) is 11.6. The molecule has 4 aromatic rings. The minimum atomic E-state index is -0.121. The number of fused-ring (bicyclic) bond motifs is 2. The van der Waals surface area contributed by atoms with Crippen LogP contribution in [0, 0.1) is 0 Å². The number of hydrogen-bond acceptors (Lipinski definition) is 6. The molecule has 4 heterocycles. The fourth-order valence-electron chi connectivity index (χ4n) is 5.46. The summed E-state index contributed by atoms with van der Waals surface area (Å²) in [5.41, 5.74) is 5.80. The van der Waals surface area contributed by atoms with Crippen molar-refractivity contribution in [2.24, 2.45) is 0 Å². The van der Waals surface area contributed by atoms with E-state index in [1.54, 1.807) is 24.3 Å². The second-order valence-electron chi connectivity index (χ2n) is 10.5. The van der Waals surface area contributed by atoms with Gasteiger partial charge in [-0.15, -0.1) is 22.7 Å². The molecule has 6 nitrogen and oxygen atoms in total. The average Bonchev–Trinajstić information content (AvgIpc) is 3.75. The molecule has 0 saturated carbocycles. The lowest BCUT2D eigenvalue weighted by Gasteiger charge is -2.17. The molecule has 0 N–H and O–H groups in total. The third-order valence-corrected chi connectivity index (χ3v) is 10.1. The highest BCUT2D eigenvalue weighted by Crippen LogP contribution is 2.54. The largest absolute Gasteiger partial charge is 0.307 e. The Morgan fingerprint density at radius 1 is 0.619 bits per heavy atom. The average molecular weight is 595 g/mol. The van der Waals surface area contributed by atoms with E-state index in [2.05, 4.69) is 13.8 Å². The van der Waals surface area contributed by atoms with Crippen molar-refractivity contribution in [3.8, 4) is 20.9 Å². The molecule has 0 unspecified atom stereocenters. The van der Waals surface area contributed by atoms with Gasteiger partial charge < -0.3 is 9.80 Å². The van der Waals surface area contributed by atoms with Gasteiger partial charge in [-0.05, 0) is 36.1 Å². The van der Waals surface area contributed by atoms with Gasteiger partial charge in [-0.3, -0.25) is 19.2 Å². The van der Waals surface area contributed by atoms with Gasteiger partial charge in [-0.1, -0.05) is 75.2 Å². The van der Waals surface area contributed by atoms with Crippen LogP contribution in [-0.2, 0) is 9.59 Å². The van der Waals surface area contributed by atoms with E-state index < -0.39 is 0 Å². The number of amides is 2. The van der Waals surface area contributed by atoms with E-state index in [0.717, 1.165) is 80.3 Å². The summed E-state index contributed by atoms with van der Waals surface area (Å²) in [5, 5.41) is 0. The maximum atomic E-state index is 14.1. The predicted molar refractivity (Wildman–Crippen MR) is 172 cm³/mol. The first-order chi connectivity index (χ1) is 20.5. The Morgan fingerprint density at radius 3 is 1.33 bits per heavy atom. The van der Waals surface area contributed by atoms with Gasteiger partial charge in [0, 0.05) is 34.0 Å². The molecule has 2 amide bonds. The fraction of sp³-hybridized carbons (Fsp3) is 0.235. The molecular formula is C34H30N2O4S2. The molecule has 2 aromatic heterocycles. The zero-order valence-electron chi connectivity index (χ0n) is 23.5. The summed E-state index contributed by atoms with van der Waals surface area (Å²) < 4.78 is 0. The van der Waals surface area contributed by atoms with Crippen LogP contribution in [0.1, 0.15) is 70.0 Å². The number of anilines is 2. The van der Waals surface area contributed by atoms with E-state index in [9.17, 15) is 19.2 Å². The van der Waals surface area contributed by atoms with Gasteiger partial charge in [0.25, 0.3) is 11.8 Å². The Morgan fingerprint density at radius 2 is 1.00 bits per heavy atom. The van der Waals surface area contributed by atoms with E-state index in [0.29, 0.717) is 35.4 Å². The van der Waals surface area contributed by atoms with E-state index >= 15 is 0 Å². The number of rotatable bonds is 10. The summed E-state index contributed by atoms with van der Waals surface area (Å²) in [4.78, 5) is 57.9. The SMILES string of the molecule is CCCCN1C(=O)/C(=C2\C(=O)N(CCCC)c3cc(-c4ccc(C=O)cc4)sc32)c2sc(-c3ccc(C=O)cc3)cc21. The normalized spacial score (nSPS) is 15.9. The van der Waals surface area contributed by atoms with Crippen LogP contribution >= 0.6 is 22.7 Å².